The number of halogens is 1. The second kappa shape index (κ2) is 8.33. The van der Waals surface area contributed by atoms with Crippen LogP contribution in [0.4, 0.5) is 4.39 Å². The zero-order valence-electron chi connectivity index (χ0n) is 15.2. The highest BCUT2D eigenvalue weighted by atomic mass is 19.1. The molecular formula is C19H27FN2O4. The molecule has 2 heterocycles. The number of amides is 1. The maximum atomic E-state index is 13.3. The summed E-state index contributed by atoms with van der Waals surface area (Å²) in [7, 11) is 0. The van der Waals surface area contributed by atoms with Crippen LogP contribution in [-0.2, 0) is 9.53 Å². The van der Waals surface area contributed by atoms with Gasteiger partial charge < -0.3 is 19.5 Å². The molecule has 1 aromatic rings. The number of aliphatic hydroxyl groups is 1. The minimum absolute atomic E-state index is 0.0409. The summed E-state index contributed by atoms with van der Waals surface area (Å²) < 4.78 is 24.5. The van der Waals surface area contributed by atoms with Crippen LogP contribution < -0.4 is 4.74 Å². The average Bonchev–Trinajstić information content (AvgIpc) is 2.83. The molecule has 144 valence electrons. The van der Waals surface area contributed by atoms with Crippen LogP contribution in [0.3, 0.4) is 0 Å². The van der Waals surface area contributed by atoms with E-state index in [4.69, 9.17) is 9.47 Å². The van der Waals surface area contributed by atoms with Crippen LogP contribution >= 0.6 is 0 Å². The summed E-state index contributed by atoms with van der Waals surface area (Å²) in [4.78, 5) is 15.6. The molecule has 1 amide bonds. The van der Waals surface area contributed by atoms with Crippen molar-refractivity contribution >= 4 is 5.91 Å². The first-order chi connectivity index (χ1) is 12.5. The number of benzene rings is 1. The SMILES string of the molecule is CC(=O)N1CCC(N2CCOCC(O)(COc3cccc(F)c3)C2)CC1. The van der Waals surface area contributed by atoms with Gasteiger partial charge in [-0.3, -0.25) is 9.69 Å². The van der Waals surface area contributed by atoms with Gasteiger partial charge in [0.1, 0.15) is 23.8 Å². The Kier molecular flexibility index (Phi) is 6.11. The lowest BCUT2D eigenvalue weighted by Gasteiger charge is -2.40. The lowest BCUT2D eigenvalue weighted by molar-refractivity contribution is -0.130. The molecule has 1 N–H and O–H groups in total. The minimum atomic E-state index is -1.15. The molecule has 0 aliphatic carbocycles. The third-order valence-electron chi connectivity index (χ3n) is 5.12. The molecule has 0 bridgehead atoms. The second-order valence-corrected chi connectivity index (χ2v) is 7.23. The van der Waals surface area contributed by atoms with E-state index < -0.39 is 5.60 Å². The van der Waals surface area contributed by atoms with E-state index in [0.29, 0.717) is 24.9 Å². The van der Waals surface area contributed by atoms with Crippen molar-refractivity contribution in [2.75, 3.05) is 46.0 Å². The van der Waals surface area contributed by atoms with Crippen molar-refractivity contribution in [2.45, 2.75) is 31.4 Å². The predicted molar refractivity (Wildman–Crippen MR) is 94.5 cm³/mol. The highest BCUT2D eigenvalue weighted by Gasteiger charge is 2.37. The number of likely N-dealkylation sites (tertiary alicyclic amines) is 1. The fourth-order valence-corrected chi connectivity index (χ4v) is 3.67. The van der Waals surface area contributed by atoms with Gasteiger partial charge in [0.2, 0.25) is 5.91 Å². The van der Waals surface area contributed by atoms with Crippen LogP contribution in [0.15, 0.2) is 24.3 Å². The van der Waals surface area contributed by atoms with Crippen LogP contribution in [0, 0.1) is 5.82 Å². The standard InChI is InChI=1S/C19H27FN2O4/c1-15(23)21-7-5-17(6-8-21)22-9-10-25-13-19(24,12-22)14-26-18-4-2-3-16(20)11-18/h2-4,11,17,24H,5-10,12-14H2,1H3. The molecule has 2 saturated heterocycles. The van der Waals surface area contributed by atoms with Crippen molar-refractivity contribution in [2.24, 2.45) is 0 Å². The fourth-order valence-electron chi connectivity index (χ4n) is 3.67. The molecule has 0 spiro atoms. The van der Waals surface area contributed by atoms with Gasteiger partial charge in [-0.25, -0.2) is 4.39 Å². The first kappa shape index (κ1) is 19.1. The summed E-state index contributed by atoms with van der Waals surface area (Å²) in [5.74, 6) is 0.136. The van der Waals surface area contributed by atoms with E-state index >= 15 is 0 Å². The maximum absolute atomic E-state index is 13.3. The summed E-state index contributed by atoms with van der Waals surface area (Å²) in [6, 6.07) is 6.21. The average molecular weight is 366 g/mol. The molecule has 0 aromatic heterocycles. The molecule has 3 rings (SSSR count). The molecular weight excluding hydrogens is 339 g/mol. The summed E-state index contributed by atoms with van der Waals surface area (Å²) in [5, 5.41) is 11.0. The summed E-state index contributed by atoms with van der Waals surface area (Å²) in [6.07, 6.45) is 1.78. The van der Waals surface area contributed by atoms with Gasteiger partial charge >= 0.3 is 0 Å². The highest BCUT2D eigenvalue weighted by Crippen LogP contribution is 2.23. The summed E-state index contributed by atoms with van der Waals surface area (Å²) in [6.45, 7) is 5.05. The van der Waals surface area contributed by atoms with Gasteiger partial charge in [-0.2, -0.15) is 0 Å². The van der Waals surface area contributed by atoms with Crippen LogP contribution in [0.1, 0.15) is 19.8 Å². The van der Waals surface area contributed by atoms with Gasteiger partial charge in [0.15, 0.2) is 0 Å². The third kappa shape index (κ3) is 4.93. The molecule has 2 aliphatic heterocycles. The van der Waals surface area contributed by atoms with E-state index in [1.807, 2.05) is 4.90 Å². The van der Waals surface area contributed by atoms with Crippen LogP contribution in [0.2, 0.25) is 0 Å². The normalized spacial score (nSPS) is 25.7. The number of rotatable bonds is 4. The van der Waals surface area contributed by atoms with Crippen LogP contribution in [-0.4, -0.2) is 78.5 Å². The van der Waals surface area contributed by atoms with Crippen molar-refractivity contribution in [1.29, 1.82) is 0 Å². The third-order valence-corrected chi connectivity index (χ3v) is 5.12. The minimum Gasteiger partial charge on any atom is -0.490 e. The van der Waals surface area contributed by atoms with Gasteiger partial charge in [-0.05, 0) is 25.0 Å². The summed E-state index contributed by atoms with van der Waals surface area (Å²) >= 11 is 0. The molecule has 2 aliphatic rings. The van der Waals surface area contributed by atoms with Gasteiger partial charge in [0.25, 0.3) is 0 Å². The van der Waals surface area contributed by atoms with Crippen LogP contribution in [0.5, 0.6) is 5.75 Å². The van der Waals surface area contributed by atoms with Crippen molar-refractivity contribution in [3.63, 3.8) is 0 Å². The van der Waals surface area contributed by atoms with E-state index in [1.165, 1.54) is 12.1 Å². The molecule has 6 nitrogen and oxygen atoms in total. The Labute approximate surface area is 153 Å². The zero-order valence-corrected chi connectivity index (χ0v) is 15.2. The first-order valence-corrected chi connectivity index (χ1v) is 9.13. The predicted octanol–water partition coefficient (Wildman–Crippen LogP) is 1.28. The summed E-state index contributed by atoms with van der Waals surface area (Å²) in [5.41, 5.74) is -1.15. The molecule has 1 aromatic carbocycles. The van der Waals surface area contributed by atoms with E-state index in [2.05, 4.69) is 4.90 Å². The number of ether oxygens (including phenoxy) is 2. The van der Waals surface area contributed by atoms with Crippen LogP contribution in [0.25, 0.3) is 0 Å². The Bertz CT molecular complexity index is 621. The maximum Gasteiger partial charge on any atom is 0.219 e. The molecule has 0 radical (unpaired) electrons. The number of piperidine rings is 1. The highest BCUT2D eigenvalue weighted by molar-refractivity contribution is 5.73. The molecule has 1 atom stereocenters. The van der Waals surface area contributed by atoms with Crippen molar-refractivity contribution in [1.82, 2.24) is 9.80 Å². The fraction of sp³-hybridized carbons (Fsp3) is 0.632. The van der Waals surface area contributed by atoms with Crippen molar-refractivity contribution < 1.29 is 23.8 Å². The number of hydrogen-bond donors (Lipinski definition) is 1. The molecule has 2 fully saturated rings. The Morgan fingerprint density at radius 2 is 2.15 bits per heavy atom. The Hall–Kier alpha value is -1.70. The Balaban J connectivity index is 1.58. The van der Waals surface area contributed by atoms with E-state index in [9.17, 15) is 14.3 Å². The van der Waals surface area contributed by atoms with Gasteiger partial charge in [0, 0.05) is 45.2 Å². The molecule has 7 heteroatoms. The quantitative estimate of drug-likeness (QED) is 0.870. The lowest BCUT2D eigenvalue weighted by Crippen LogP contribution is -2.53. The number of nitrogens with zero attached hydrogens (tertiary/aromatic N) is 2. The second-order valence-electron chi connectivity index (χ2n) is 7.23. The van der Waals surface area contributed by atoms with Gasteiger partial charge in [-0.15, -0.1) is 0 Å². The number of β-amino-alcohol motifs (C(OH)–C–C–N with tert-alkyl or cyclic N) is 1. The number of carbonyl (C=O) groups excluding carboxylic acids is 1. The van der Waals surface area contributed by atoms with Gasteiger partial charge in [-0.1, -0.05) is 6.07 Å². The Morgan fingerprint density at radius 1 is 1.38 bits per heavy atom. The zero-order chi connectivity index (χ0) is 18.6. The number of hydrogen-bond acceptors (Lipinski definition) is 5. The van der Waals surface area contributed by atoms with E-state index in [0.717, 1.165) is 32.5 Å². The largest absolute Gasteiger partial charge is 0.490 e. The molecule has 26 heavy (non-hydrogen) atoms. The first-order valence-electron chi connectivity index (χ1n) is 9.13. The molecule has 0 saturated carbocycles. The van der Waals surface area contributed by atoms with E-state index in [-0.39, 0.29) is 24.9 Å². The van der Waals surface area contributed by atoms with Crippen molar-refractivity contribution in [3.05, 3.63) is 30.1 Å². The lowest BCUT2D eigenvalue weighted by atomic mass is 9.99. The van der Waals surface area contributed by atoms with E-state index in [1.54, 1.807) is 19.1 Å². The smallest absolute Gasteiger partial charge is 0.219 e. The molecule has 1 unspecified atom stereocenters. The Morgan fingerprint density at radius 3 is 2.85 bits per heavy atom. The topological polar surface area (TPSA) is 62.2 Å². The number of carbonyl (C=O) groups is 1. The van der Waals surface area contributed by atoms with Gasteiger partial charge in [0.05, 0.1) is 13.2 Å². The monoisotopic (exact) mass is 366 g/mol. The van der Waals surface area contributed by atoms with Crippen molar-refractivity contribution in [3.8, 4) is 5.75 Å².